The van der Waals surface area contributed by atoms with Gasteiger partial charge in [-0.2, -0.15) is 5.26 Å². The molecule has 2 rings (SSSR count). The van der Waals surface area contributed by atoms with Gasteiger partial charge in [-0.15, -0.1) is 0 Å². The summed E-state index contributed by atoms with van der Waals surface area (Å²) in [7, 11) is 0. The van der Waals surface area contributed by atoms with Crippen LogP contribution in [0.3, 0.4) is 0 Å². The van der Waals surface area contributed by atoms with Crippen LogP contribution in [-0.4, -0.2) is 12.7 Å². The number of nitrogens with zero attached hydrogens (tertiary/aromatic N) is 1. The zero-order valence-corrected chi connectivity index (χ0v) is 9.81. The number of epoxide rings is 1. The first kappa shape index (κ1) is 11.2. The van der Waals surface area contributed by atoms with E-state index in [-0.39, 0.29) is 6.10 Å². The highest BCUT2D eigenvalue weighted by molar-refractivity contribution is 5.33. The molecule has 2 heteroatoms. The molecule has 1 aliphatic rings. The van der Waals surface area contributed by atoms with Crippen molar-refractivity contribution in [1.29, 1.82) is 5.26 Å². The van der Waals surface area contributed by atoms with Gasteiger partial charge in [-0.05, 0) is 17.9 Å². The minimum atomic E-state index is -0.400. The average molecular weight is 215 g/mol. The van der Waals surface area contributed by atoms with Crippen molar-refractivity contribution in [3.8, 4) is 6.07 Å². The fraction of sp³-hybridized carbons (Fsp3) is 0.500. The van der Waals surface area contributed by atoms with Gasteiger partial charge in [0, 0.05) is 0 Å². The Hall–Kier alpha value is -1.33. The molecule has 0 aliphatic carbocycles. The second-order valence-corrected chi connectivity index (χ2v) is 4.76. The summed E-state index contributed by atoms with van der Waals surface area (Å²) in [5, 5.41) is 9.57. The molecule has 0 spiro atoms. The lowest BCUT2D eigenvalue weighted by molar-refractivity contribution is 0.305. The van der Waals surface area contributed by atoms with Gasteiger partial charge in [0.2, 0.25) is 0 Å². The first-order valence-corrected chi connectivity index (χ1v) is 5.77. The highest BCUT2D eigenvalue weighted by Crippen LogP contribution is 2.39. The molecule has 1 aromatic carbocycles. The van der Waals surface area contributed by atoms with Crippen LogP contribution >= 0.6 is 0 Å². The summed E-state index contributed by atoms with van der Waals surface area (Å²) in [5.74, 6) is 0.295. The molecule has 1 fully saturated rings. The molecule has 0 saturated carbocycles. The lowest BCUT2D eigenvalue weighted by Crippen LogP contribution is -2.32. The number of ether oxygens (including phenoxy) is 1. The molecular weight excluding hydrogens is 198 g/mol. The van der Waals surface area contributed by atoms with Gasteiger partial charge in [-0.25, -0.2) is 0 Å². The second-order valence-electron chi connectivity index (χ2n) is 4.76. The van der Waals surface area contributed by atoms with Crippen molar-refractivity contribution in [3.05, 3.63) is 35.9 Å². The van der Waals surface area contributed by atoms with Gasteiger partial charge >= 0.3 is 0 Å². The minimum absolute atomic E-state index is 0.280. The second kappa shape index (κ2) is 4.27. The molecule has 2 nitrogen and oxygen atoms in total. The van der Waals surface area contributed by atoms with Crippen molar-refractivity contribution in [2.75, 3.05) is 6.61 Å². The van der Waals surface area contributed by atoms with E-state index >= 15 is 0 Å². The Morgan fingerprint density at radius 1 is 1.44 bits per heavy atom. The third kappa shape index (κ3) is 1.96. The first-order chi connectivity index (χ1) is 7.69. The molecule has 0 bridgehead atoms. The number of benzene rings is 1. The monoisotopic (exact) mass is 215 g/mol. The quantitative estimate of drug-likeness (QED) is 0.724. The van der Waals surface area contributed by atoms with Gasteiger partial charge in [0.05, 0.1) is 24.2 Å². The van der Waals surface area contributed by atoms with Crippen LogP contribution in [0.5, 0.6) is 0 Å². The Morgan fingerprint density at radius 2 is 2.06 bits per heavy atom. The van der Waals surface area contributed by atoms with Crippen LogP contribution in [0.1, 0.15) is 25.8 Å². The van der Waals surface area contributed by atoms with E-state index in [2.05, 4.69) is 19.9 Å². The summed E-state index contributed by atoms with van der Waals surface area (Å²) < 4.78 is 5.29. The van der Waals surface area contributed by atoms with Crippen LogP contribution in [0.15, 0.2) is 30.3 Å². The molecule has 0 amide bonds. The molecule has 0 aromatic heterocycles. The highest BCUT2D eigenvalue weighted by Gasteiger charge is 2.41. The first-order valence-electron chi connectivity index (χ1n) is 5.77. The van der Waals surface area contributed by atoms with Crippen LogP contribution in [0.2, 0.25) is 0 Å². The van der Waals surface area contributed by atoms with E-state index in [0.717, 1.165) is 18.6 Å². The Bertz CT molecular complexity index is 389. The van der Waals surface area contributed by atoms with Crippen LogP contribution in [0.4, 0.5) is 0 Å². The molecular formula is C14H17NO. The van der Waals surface area contributed by atoms with Crippen molar-refractivity contribution in [3.63, 3.8) is 0 Å². The van der Waals surface area contributed by atoms with Gasteiger partial charge in [0.25, 0.3) is 0 Å². The van der Waals surface area contributed by atoms with E-state index < -0.39 is 5.41 Å². The van der Waals surface area contributed by atoms with Gasteiger partial charge in [0.1, 0.15) is 0 Å². The molecule has 2 unspecified atom stereocenters. The molecule has 0 N–H and O–H groups in total. The zero-order chi connectivity index (χ0) is 11.6. The fourth-order valence-corrected chi connectivity index (χ4v) is 2.21. The van der Waals surface area contributed by atoms with Crippen molar-refractivity contribution >= 4 is 0 Å². The molecule has 84 valence electrons. The molecule has 2 atom stereocenters. The smallest absolute Gasteiger partial charge is 0.0870 e. The summed E-state index contributed by atoms with van der Waals surface area (Å²) >= 11 is 0. The van der Waals surface area contributed by atoms with E-state index in [1.807, 2.05) is 30.3 Å². The highest BCUT2D eigenvalue weighted by atomic mass is 16.6. The predicted molar refractivity (Wildman–Crippen MR) is 62.9 cm³/mol. The molecule has 1 aliphatic heterocycles. The van der Waals surface area contributed by atoms with E-state index in [9.17, 15) is 5.26 Å². The number of nitriles is 1. The molecule has 1 aromatic rings. The van der Waals surface area contributed by atoms with Crippen LogP contribution in [0.25, 0.3) is 0 Å². The average Bonchev–Trinajstić information content (AvgIpc) is 3.10. The van der Waals surface area contributed by atoms with Gasteiger partial charge < -0.3 is 4.74 Å². The lowest BCUT2D eigenvalue weighted by atomic mass is 9.70. The summed E-state index contributed by atoms with van der Waals surface area (Å²) in [5.41, 5.74) is 0.714. The third-order valence-electron chi connectivity index (χ3n) is 3.43. The Kier molecular flexibility index (Phi) is 2.98. The fourth-order valence-electron chi connectivity index (χ4n) is 2.21. The molecule has 0 radical (unpaired) electrons. The van der Waals surface area contributed by atoms with Crippen molar-refractivity contribution < 1.29 is 4.74 Å². The Balaban J connectivity index is 2.36. The summed E-state index contributed by atoms with van der Waals surface area (Å²) in [4.78, 5) is 0. The predicted octanol–water partition coefficient (Wildman–Crippen LogP) is 2.89. The zero-order valence-electron chi connectivity index (χ0n) is 9.81. The number of rotatable bonds is 4. The number of hydrogen-bond donors (Lipinski definition) is 0. The van der Waals surface area contributed by atoms with Gasteiger partial charge in [-0.1, -0.05) is 44.2 Å². The number of hydrogen-bond acceptors (Lipinski definition) is 2. The van der Waals surface area contributed by atoms with Gasteiger partial charge in [-0.3, -0.25) is 0 Å². The van der Waals surface area contributed by atoms with Crippen molar-refractivity contribution in [2.45, 2.75) is 31.8 Å². The van der Waals surface area contributed by atoms with Crippen molar-refractivity contribution in [2.24, 2.45) is 5.92 Å². The Labute approximate surface area is 96.9 Å². The maximum Gasteiger partial charge on any atom is 0.0870 e. The van der Waals surface area contributed by atoms with Gasteiger partial charge in [0.15, 0.2) is 0 Å². The topological polar surface area (TPSA) is 36.3 Å². The summed E-state index contributed by atoms with van der Waals surface area (Å²) in [6.07, 6.45) is 1.09. The minimum Gasteiger partial charge on any atom is -0.373 e. The third-order valence-corrected chi connectivity index (χ3v) is 3.43. The maximum atomic E-state index is 9.57. The summed E-state index contributed by atoms with van der Waals surface area (Å²) in [6.45, 7) is 5.03. The lowest BCUT2D eigenvalue weighted by Gasteiger charge is -2.30. The standard InChI is InChI=1S/C14H17NO/c1-11(2)14(10-15,8-13-9-16-13)12-6-4-3-5-7-12/h3-7,11,13H,8-9H2,1-2H3. The van der Waals surface area contributed by atoms with E-state index in [1.165, 1.54) is 0 Å². The van der Waals surface area contributed by atoms with E-state index in [0.29, 0.717) is 5.92 Å². The maximum absolute atomic E-state index is 9.57. The van der Waals surface area contributed by atoms with Crippen LogP contribution in [0, 0.1) is 17.2 Å². The van der Waals surface area contributed by atoms with Crippen molar-refractivity contribution in [1.82, 2.24) is 0 Å². The van der Waals surface area contributed by atoms with E-state index in [1.54, 1.807) is 0 Å². The molecule has 1 saturated heterocycles. The molecule has 1 heterocycles. The molecule has 16 heavy (non-hydrogen) atoms. The SMILES string of the molecule is CC(C)C(C#N)(CC1CO1)c1ccccc1. The van der Waals surface area contributed by atoms with Crippen LogP contribution < -0.4 is 0 Å². The van der Waals surface area contributed by atoms with Crippen LogP contribution in [-0.2, 0) is 10.2 Å². The van der Waals surface area contributed by atoms with E-state index in [4.69, 9.17) is 4.74 Å². The normalized spacial score (nSPS) is 22.5. The Morgan fingerprint density at radius 3 is 2.50 bits per heavy atom. The largest absolute Gasteiger partial charge is 0.373 e. The summed E-state index contributed by atoms with van der Waals surface area (Å²) in [6, 6.07) is 12.6.